The average molecular weight is 275 g/mol. The van der Waals surface area contributed by atoms with Crippen LogP contribution in [0.3, 0.4) is 0 Å². The molecule has 1 rings (SSSR count). The first kappa shape index (κ1) is 16.2. The predicted molar refractivity (Wildman–Crippen MR) is 78.6 cm³/mol. The van der Waals surface area contributed by atoms with E-state index in [0.29, 0.717) is 24.1 Å². The van der Waals surface area contributed by atoms with E-state index in [1.165, 1.54) is 0 Å². The van der Waals surface area contributed by atoms with Crippen molar-refractivity contribution < 1.29 is 14.6 Å². The number of hydrogen-bond acceptors (Lipinski definition) is 3. The Morgan fingerprint density at radius 1 is 1.50 bits per heavy atom. The highest BCUT2D eigenvalue weighted by Crippen LogP contribution is 2.11. The first-order chi connectivity index (χ1) is 9.58. The van der Waals surface area contributed by atoms with Crippen molar-refractivity contribution in [3.63, 3.8) is 0 Å². The molecule has 1 atom stereocenters. The fraction of sp³-hybridized carbons (Fsp3) is 0.438. The van der Waals surface area contributed by atoms with Crippen molar-refractivity contribution in [2.24, 2.45) is 0 Å². The Morgan fingerprint density at radius 3 is 2.90 bits per heavy atom. The second-order valence-corrected chi connectivity index (χ2v) is 4.58. The zero-order valence-corrected chi connectivity index (χ0v) is 12.2. The summed E-state index contributed by atoms with van der Waals surface area (Å²) in [6.07, 6.45) is 0.365. The molecule has 0 saturated heterocycles. The highest BCUT2D eigenvalue weighted by molar-refractivity contribution is 5.96. The number of nitrogens with one attached hydrogen (secondary N) is 1. The minimum Gasteiger partial charge on any atom is -0.395 e. The molecule has 0 aliphatic carbocycles. The quantitative estimate of drug-likeness (QED) is 0.801. The van der Waals surface area contributed by atoms with Gasteiger partial charge in [-0.15, -0.1) is 0 Å². The number of benzene rings is 1. The van der Waals surface area contributed by atoms with Gasteiger partial charge in [-0.05, 0) is 31.5 Å². The smallest absolute Gasteiger partial charge is 0.252 e. The molecule has 1 aromatic carbocycles. The monoisotopic (exact) mass is 275 g/mol. The summed E-state index contributed by atoms with van der Waals surface area (Å²) in [6.45, 7) is 4.31. The lowest BCUT2D eigenvalue weighted by molar-refractivity contribution is 0.0870. The molecular weight excluding hydrogens is 254 g/mol. The van der Waals surface area contributed by atoms with E-state index in [2.05, 4.69) is 17.2 Å². The summed E-state index contributed by atoms with van der Waals surface area (Å²) >= 11 is 0. The van der Waals surface area contributed by atoms with Gasteiger partial charge < -0.3 is 15.2 Å². The topological polar surface area (TPSA) is 58.6 Å². The lowest BCUT2D eigenvalue weighted by Crippen LogP contribution is -2.32. The standard InChI is InChI=1S/C16H21NO3/c1-12-7-8-15(14(10-12)6-4-5-9-18)16(19)17-11-13(2)20-3/h7-8,10,13,18H,5,9,11H2,1-3H3,(H,17,19). The van der Waals surface area contributed by atoms with E-state index in [1.54, 1.807) is 13.2 Å². The zero-order chi connectivity index (χ0) is 15.0. The number of carbonyl (C=O) groups is 1. The van der Waals surface area contributed by atoms with E-state index < -0.39 is 0 Å². The van der Waals surface area contributed by atoms with Crippen LogP contribution in [0.5, 0.6) is 0 Å². The van der Waals surface area contributed by atoms with Gasteiger partial charge in [0.05, 0.1) is 18.3 Å². The summed E-state index contributed by atoms with van der Waals surface area (Å²) in [6, 6.07) is 5.52. The van der Waals surface area contributed by atoms with Crippen LogP contribution < -0.4 is 5.32 Å². The fourth-order valence-electron chi connectivity index (χ4n) is 1.59. The molecule has 108 valence electrons. The van der Waals surface area contributed by atoms with Crippen molar-refractivity contribution >= 4 is 5.91 Å². The molecule has 0 aliphatic heterocycles. The maximum absolute atomic E-state index is 12.1. The van der Waals surface area contributed by atoms with Crippen LogP contribution >= 0.6 is 0 Å². The summed E-state index contributed by atoms with van der Waals surface area (Å²) in [7, 11) is 1.61. The van der Waals surface area contributed by atoms with Crippen LogP contribution in [0.4, 0.5) is 0 Å². The van der Waals surface area contributed by atoms with Crippen LogP contribution in [0.2, 0.25) is 0 Å². The maximum atomic E-state index is 12.1. The Kier molecular flexibility index (Phi) is 6.78. The van der Waals surface area contributed by atoms with Gasteiger partial charge in [0.1, 0.15) is 0 Å². The number of carbonyl (C=O) groups excluding carboxylic acids is 1. The fourth-order valence-corrected chi connectivity index (χ4v) is 1.59. The van der Waals surface area contributed by atoms with E-state index in [9.17, 15) is 4.79 Å². The third-order valence-corrected chi connectivity index (χ3v) is 2.83. The zero-order valence-electron chi connectivity index (χ0n) is 12.2. The highest BCUT2D eigenvalue weighted by atomic mass is 16.5. The summed E-state index contributed by atoms with van der Waals surface area (Å²) in [5, 5.41) is 11.6. The number of ether oxygens (including phenoxy) is 1. The van der Waals surface area contributed by atoms with Crippen molar-refractivity contribution in [1.29, 1.82) is 0 Å². The van der Waals surface area contributed by atoms with E-state index in [-0.39, 0.29) is 18.6 Å². The summed E-state index contributed by atoms with van der Waals surface area (Å²) in [5.74, 6) is 5.62. The van der Waals surface area contributed by atoms with E-state index in [0.717, 1.165) is 5.56 Å². The molecule has 1 aromatic rings. The van der Waals surface area contributed by atoms with E-state index in [4.69, 9.17) is 9.84 Å². The minimum absolute atomic E-state index is 0.0195. The third kappa shape index (κ3) is 5.04. The Morgan fingerprint density at radius 2 is 2.25 bits per heavy atom. The number of aryl methyl sites for hydroxylation is 1. The van der Waals surface area contributed by atoms with Gasteiger partial charge in [-0.2, -0.15) is 0 Å². The Balaban J connectivity index is 2.88. The Bertz CT molecular complexity index is 514. The summed E-state index contributed by atoms with van der Waals surface area (Å²) < 4.78 is 5.09. The molecule has 20 heavy (non-hydrogen) atoms. The molecule has 4 nitrogen and oxygen atoms in total. The molecule has 0 bridgehead atoms. The number of methoxy groups -OCH3 is 1. The van der Waals surface area contributed by atoms with E-state index in [1.807, 2.05) is 26.0 Å². The normalized spacial score (nSPS) is 11.4. The SMILES string of the molecule is COC(C)CNC(=O)c1ccc(C)cc1C#CCCO. The number of aliphatic hydroxyl groups excluding tert-OH is 1. The van der Waals surface area contributed by atoms with Gasteiger partial charge in [0.15, 0.2) is 0 Å². The van der Waals surface area contributed by atoms with Crippen LogP contribution in [-0.4, -0.2) is 37.4 Å². The number of amides is 1. The predicted octanol–water partition coefficient (Wildman–Crippen LogP) is 1.49. The van der Waals surface area contributed by atoms with Crippen molar-refractivity contribution in [2.75, 3.05) is 20.3 Å². The van der Waals surface area contributed by atoms with Gasteiger partial charge in [0, 0.05) is 25.6 Å². The van der Waals surface area contributed by atoms with Crippen LogP contribution in [0.25, 0.3) is 0 Å². The molecule has 0 heterocycles. The molecule has 0 saturated carbocycles. The number of rotatable bonds is 5. The molecule has 0 spiro atoms. The van der Waals surface area contributed by atoms with Crippen molar-refractivity contribution in [1.82, 2.24) is 5.32 Å². The molecule has 0 radical (unpaired) electrons. The molecule has 1 unspecified atom stereocenters. The van der Waals surface area contributed by atoms with Gasteiger partial charge in [0.25, 0.3) is 5.91 Å². The average Bonchev–Trinajstić information content (AvgIpc) is 2.44. The second kappa shape index (κ2) is 8.36. The maximum Gasteiger partial charge on any atom is 0.252 e. The lowest BCUT2D eigenvalue weighted by atomic mass is 10.0. The molecule has 1 amide bonds. The van der Waals surface area contributed by atoms with Crippen molar-refractivity contribution in [3.05, 3.63) is 34.9 Å². The van der Waals surface area contributed by atoms with Gasteiger partial charge in [0.2, 0.25) is 0 Å². The number of aliphatic hydroxyl groups is 1. The van der Waals surface area contributed by atoms with Gasteiger partial charge in [-0.25, -0.2) is 0 Å². The second-order valence-electron chi connectivity index (χ2n) is 4.58. The Hall–Kier alpha value is -1.83. The van der Waals surface area contributed by atoms with Crippen LogP contribution in [0.1, 0.15) is 34.8 Å². The molecule has 0 fully saturated rings. The minimum atomic E-state index is -0.165. The molecular formula is C16H21NO3. The number of hydrogen-bond donors (Lipinski definition) is 2. The van der Waals surface area contributed by atoms with Crippen LogP contribution in [0, 0.1) is 18.8 Å². The van der Waals surface area contributed by atoms with Crippen molar-refractivity contribution in [3.8, 4) is 11.8 Å². The van der Waals surface area contributed by atoms with Crippen LogP contribution in [0.15, 0.2) is 18.2 Å². The summed E-state index contributed by atoms with van der Waals surface area (Å²) in [4.78, 5) is 12.1. The lowest BCUT2D eigenvalue weighted by Gasteiger charge is -2.12. The molecule has 4 heteroatoms. The largest absolute Gasteiger partial charge is 0.395 e. The summed E-state index contributed by atoms with van der Waals surface area (Å²) in [5.41, 5.74) is 2.27. The first-order valence-corrected chi connectivity index (χ1v) is 6.60. The first-order valence-electron chi connectivity index (χ1n) is 6.60. The third-order valence-electron chi connectivity index (χ3n) is 2.83. The van der Waals surface area contributed by atoms with Crippen molar-refractivity contribution in [2.45, 2.75) is 26.4 Å². The Labute approximate surface area is 120 Å². The van der Waals surface area contributed by atoms with Gasteiger partial charge in [-0.1, -0.05) is 17.9 Å². The van der Waals surface area contributed by atoms with Crippen LogP contribution in [-0.2, 0) is 4.74 Å². The molecule has 0 aromatic heterocycles. The van der Waals surface area contributed by atoms with E-state index >= 15 is 0 Å². The highest BCUT2D eigenvalue weighted by Gasteiger charge is 2.11. The van der Waals surface area contributed by atoms with Gasteiger partial charge in [-0.3, -0.25) is 4.79 Å². The molecule has 2 N–H and O–H groups in total. The molecule has 0 aliphatic rings. The van der Waals surface area contributed by atoms with Gasteiger partial charge >= 0.3 is 0 Å².